The zero-order valence-corrected chi connectivity index (χ0v) is 14.6. The molecule has 6 nitrogen and oxygen atoms in total. The van der Waals surface area contributed by atoms with Crippen LogP contribution in [0, 0.1) is 11.3 Å². The summed E-state index contributed by atoms with van der Waals surface area (Å²) >= 11 is 0. The molecule has 0 atom stereocenters. The van der Waals surface area contributed by atoms with E-state index in [1.165, 1.54) is 11.0 Å². The molecule has 2 aromatic carbocycles. The summed E-state index contributed by atoms with van der Waals surface area (Å²) in [5.74, 6) is 0.0357. The fourth-order valence-corrected chi connectivity index (χ4v) is 2.16. The number of rotatable bonds is 6. The first kappa shape index (κ1) is 18.7. The molecule has 0 spiro atoms. The van der Waals surface area contributed by atoms with Gasteiger partial charge in [0.2, 0.25) is 11.8 Å². The highest BCUT2D eigenvalue weighted by atomic mass is 16.5. The van der Waals surface area contributed by atoms with Crippen molar-refractivity contribution in [1.29, 1.82) is 5.26 Å². The van der Waals surface area contributed by atoms with Gasteiger partial charge in [-0.15, -0.1) is 0 Å². The lowest BCUT2D eigenvalue weighted by Crippen LogP contribution is -2.33. The molecule has 2 rings (SSSR count). The van der Waals surface area contributed by atoms with Crippen molar-refractivity contribution in [3.05, 3.63) is 65.7 Å². The van der Waals surface area contributed by atoms with Crippen molar-refractivity contribution in [1.82, 2.24) is 4.90 Å². The van der Waals surface area contributed by atoms with Crippen molar-refractivity contribution in [2.75, 3.05) is 26.0 Å². The van der Waals surface area contributed by atoms with E-state index in [1.807, 2.05) is 6.07 Å². The molecule has 6 heteroatoms. The Labute approximate surface area is 152 Å². The minimum Gasteiger partial charge on any atom is -0.497 e. The molecule has 0 unspecified atom stereocenters. The number of carbonyl (C=O) groups excluding carboxylic acids is 2. The number of hydrogen-bond donors (Lipinski definition) is 1. The molecule has 0 fully saturated rings. The largest absolute Gasteiger partial charge is 0.497 e. The Morgan fingerprint density at radius 1 is 1.23 bits per heavy atom. The normalized spacial score (nSPS) is 10.2. The van der Waals surface area contributed by atoms with Crippen LogP contribution in [0.4, 0.5) is 5.69 Å². The van der Waals surface area contributed by atoms with Crippen LogP contribution in [0.2, 0.25) is 0 Å². The van der Waals surface area contributed by atoms with Gasteiger partial charge in [-0.05, 0) is 35.9 Å². The van der Waals surface area contributed by atoms with Crippen molar-refractivity contribution in [3.8, 4) is 11.8 Å². The number of anilines is 1. The van der Waals surface area contributed by atoms with Crippen LogP contribution in [-0.2, 0) is 9.59 Å². The molecule has 1 N–H and O–H groups in total. The van der Waals surface area contributed by atoms with E-state index in [4.69, 9.17) is 10.00 Å². The molecule has 0 heterocycles. The second kappa shape index (κ2) is 9.04. The topological polar surface area (TPSA) is 82.4 Å². The summed E-state index contributed by atoms with van der Waals surface area (Å²) in [5, 5.41) is 11.5. The molecule has 0 aliphatic carbocycles. The number of methoxy groups -OCH3 is 1. The van der Waals surface area contributed by atoms with Crippen molar-refractivity contribution in [2.24, 2.45) is 0 Å². The van der Waals surface area contributed by atoms with Crippen LogP contribution in [-0.4, -0.2) is 37.4 Å². The molecule has 0 saturated heterocycles. The van der Waals surface area contributed by atoms with Crippen LogP contribution in [0.3, 0.4) is 0 Å². The third kappa shape index (κ3) is 5.49. The lowest BCUT2D eigenvalue weighted by molar-refractivity contribution is -0.129. The van der Waals surface area contributed by atoms with Gasteiger partial charge >= 0.3 is 0 Å². The van der Waals surface area contributed by atoms with Crippen LogP contribution in [0.15, 0.2) is 54.6 Å². The molecular weight excluding hydrogens is 330 g/mol. The smallest absolute Gasteiger partial charge is 0.246 e. The molecule has 2 amide bonds. The van der Waals surface area contributed by atoms with E-state index in [2.05, 4.69) is 5.32 Å². The molecule has 132 valence electrons. The predicted octanol–water partition coefficient (Wildman–Crippen LogP) is 2.68. The van der Waals surface area contributed by atoms with E-state index < -0.39 is 0 Å². The van der Waals surface area contributed by atoms with Gasteiger partial charge in [-0.3, -0.25) is 9.59 Å². The van der Waals surface area contributed by atoms with Crippen LogP contribution < -0.4 is 10.1 Å². The summed E-state index contributed by atoms with van der Waals surface area (Å²) in [6, 6.07) is 15.9. The summed E-state index contributed by atoms with van der Waals surface area (Å²) in [6.07, 6.45) is 3.03. The lowest BCUT2D eigenvalue weighted by atomic mass is 10.1. The van der Waals surface area contributed by atoms with Crippen LogP contribution >= 0.6 is 0 Å². The van der Waals surface area contributed by atoms with Gasteiger partial charge in [-0.25, -0.2) is 0 Å². The Morgan fingerprint density at radius 3 is 2.62 bits per heavy atom. The highest BCUT2D eigenvalue weighted by Gasteiger charge is 2.11. The summed E-state index contributed by atoms with van der Waals surface area (Å²) in [7, 11) is 3.10. The summed E-state index contributed by atoms with van der Waals surface area (Å²) in [6.45, 7) is -0.0756. The van der Waals surface area contributed by atoms with Crippen molar-refractivity contribution in [3.63, 3.8) is 0 Å². The number of likely N-dealkylation sites (N-methyl/N-ethyl adjacent to an activating group) is 1. The number of nitrogens with one attached hydrogen (secondary N) is 1. The Bertz CT molecular complexity index is 851. The second-order valence-electron chi connectivity index (χ2n) is 5.54. The van der Waals surface area contributed by atoms with Crippen molar-refractivity contribution < 1.29 is 14.3 Å². The Kier molecular flexibility index (Phi) is 6.52. The third-order valence-electron chi connectivity index (χ3n) is 3.57. The van der Waals surface area contributed by atoms with E-state index in [0.29, 0.717) is 17.0 Å². The lowest BCUT2D eigenvalue weighted by Gasteiger charge is -2.15. The molecule has 0 saturated carbocycles. The zero-order chi connectivity index (χ0) is 18.9. The van der Waals surface area contributed by atoms with Crippen molar-refractivity contribution >= 4 is 23.6 Å². The highest BCUT2D eigenvalue weighted by molar-refractivity contribution is 5.98. The average molecular weight is 349 g/mol. The maximum Gasteiger partial charge on any atom is 0.246 e. The Balaban J connectivity index is 1.89. The Morgan fingerprint density at radius 2 is 1.96 bits per heavy atom. The molecular formula is C20H19N3O3. The molecule has 0 aromatic heterocycles. The van der Waals surface area contributed by atoms with Gasteiger partial charge in [-0.1, -0.05) is 18.2 Å². The quantitative estimate of drug-likeness (QED) is 0.813. The van der Waals surface area contributed by atoms with Crippen LogP contribution in [0.25, 0.3) is 6.08 Å². The van der Waals surface area contributed by atoms with Crippen LogP contribution in [0.5, 0.6) is 5.75 Å². The van der Waals surface area contributed by atoms with Gasteiger partial charge in [0.15, 0.2) is 0 Å². The van der Waals surface area contributed by atoms with E-state index >= 15 is 0 Å². The fourth-order valence-electron chi connectivity index (χ4n) is 2.16. The van der Waals surface area contributed by atoms with Crippen molar-refractivity contribution in [2.45, 2.75) is 0 Å². The van der Waals surface area contributed by atoms with Gasteiger partial charge in [0.1, 0.15) is 5.75 Å². The minimum absolute atomic E-state index is 0.0756. The van der Waals surface area contributed by atoms with E-state index in [9.17, 15) is 9.59 Å². The maximum absolute atomic E-state index is 12.1. The predicted molar refractivity (Wildman–Crippen MR) is 99.5 cm³/mol. The molecule has 0 aliphatic rings. The summed E-state index contributed by atoms with van der Waals surface area (Å²) < 4.78 is 5.10. The fraction of sp³-hybridized carbons (Fsp3) is 0.150. The number of carbonyl (C=O) groups is 2. The molecule has 0 bridgehead atoms. The average Bonchev–Trinajstić information content (AvgIpc) is 2.66. The van der Waals surface area contributed by atoms with E-state index in [1.54, 1.807) is 68.8 Å². The number of benzene rings is 2. The molecule has 26 heavy (non-hydrogen) atoms. The number of amides is 2. The van der Waals surface area contributed by atoms with E-state index in [0.717, 1.165) is 5.56 Å². The first-order chi connectivity index (χ1) is 12.5. The standard InChI is InChI=1S/C20H19N3O3/c1-23(14-19(24)22-17-4-3-5-18(12-17)26-2)20(25)11-10-15-6-8-16(13-21)9-7-15/h3-12H,14H2,1-2H3,(H,22,24)/b11-10+. The van der Waals surface area contributed by atoms with Gasteiger partial charge < -0.3 is 15.0 Å². The zero-order valence-electron chi connectivity index (χ0n) is 14.6. The SMILES string of the molecule is COc1cccc(NC(=O)CN(C)C(=O)/C=C/c2ccc(C#N)cc2)c1. The van der Waals surface area contributed by atoms with Gasteiger partial charge in [-0.2, -0.15) is 5.26 Å². The molecule has 0 radical (unpaired) electrons. The third-order valence-corrected chi connectivity index (χ3v) is 3.57. The number of nitriles is 1. The Hall–Kier alpha value is -3.59. The number of ether oxygens (including phenoxy) is 1. The van der Waals surface area contributed by atoms with E-state index in [-0.39, 0.29) is 18.4 Å². The van der Waals surface area contributed by atoms with Crippen LogP contribution in [0.1, 0.15) is 11.1 Å². The summed E-state index contributed by atoms with van der Waals surface area (Å²) in [5.41, 5.74) is 1.95. The number of hydrogen-bond acceptors (Lipinski definition) is 4. The first-order valence-corrected chi connectivity index (χ1v) is 7.89. The summed E-state index contributed by atoms with van der Waals surface area (Å²) in [4.78, 5) is 25.5. The number of nitrogens with zero attached hydrogens (tertiary/aromatic N) is 2. The minimum atomic E-state index is -0.305. The van der Waals surface area contributed by atoms with Gasteiger partial charge in [0.05, 0.1) is 25.3 Å². The second-order valence-corrected chi connectivity index (χ2v) is 5.54. The molecule has 2 aromatic rings. The van der Waals surface area contributed by atoms with Gasteiger partial charge in [0.25, 0.3) is 0 Å². The molecule has 0 aliphatic heterocycles. The highest BCUT2D eigenvalue weighted by Crippen LogP contribution is 2.16. The monoisotopic (exact) mass is 349 g/mol. The first-order valence-electron chi connectivity index (χ1n) is 7.89. The van der Waals surface area contributed by atoms with Gasteiger partial charge in [0, 0.05) is 24.9 Å². The maximum atomic E-state index is 12.1.